The van der Waals surface area contributed by atoms with Crippen LogP contribution in [-0.2, 0) is 11.4 Å². The van der Waals surface area contributed by atoms with Crippen molar-refractivity contribution in [1.82, 2.24) is 5.32 Å². The summed E-state index contributed by atoms with van der Waals surface area (Å²) in [5, 5.41) is 15.6. The number of amides is 1. The number of piperidine rings is 1. The lowest BCUT2D eigenvalue weighted by Crippen LogP contribution is -2.42. The van der Waals surface area contributed by atoms with Gasteiger partial charge in [-0.05, 0) is 51.1 Å². The predicted octanol–water partition coefficient (Wildman–Crippen LogP) is 1.91. The maximum Gasteiger partial charge on any atom is 0.230 e. The first-order valence-electron chi connectivity index (χ1n) is 7.48. The van der Waals surface area contributed by atoms with Crippen LogP contribution in [0.15, 0.2) is 18.2 Å². The van der Waals surface area contributed by atoms with Gasteiger partial charge < -0.3 is 20.5 Å². The first kappa shape index (κ1) is 15.8. The van der Waals surface area contributed by atoms with Crippen molar-refractivity contribution in [2.24, 2.45) is 5.41 Å². The van der Waals surface area contributed by atoms with Crippen LogP contribution in [0, 0.1) is 5.41 Å². The summed E-state index contributed by atoms with van der Waals surface area (Å²) < 4.78 is 5.44. The van der Waals surface area contributed by atoms with Crippen LogP contribution < -0.4 is 15.4 Å². The van der Waals surface area contributed by atoms with E-state index < -0.39 is 0 Å². The van der Waals surface area contributed by atoms with Crippen LogP contribution in [0.1, 0.15) is 32.3 Å². The number of ether oxygens (including phenoxy) is 1. The Morgan fingerprint density at radius 3 is 2.76 bits per heavy atom. The van der Waals surface area contributed by atoms with Gasteiger partial charge in [0.2, 0.25) is 5.91 Å². The normalized spacial score (nSPS) is 17.3. The van der Waals surface area contributed by atoms with Gasteiger partial charge in [-0.3, -0.25) is 4.79 Å². The third-order valence-corrected chi connectivity index (χ3v) is 4.04. The molecule has 0 unspecified atom stereocenters. The number of aliphatic hydroxyl groups excluding tert-OH is 1. The van der Waals surface area contributed by atoms with Crippen molar-refractivity contribution in [2.45, 2.75) is 33.3 Å². The summed E-state index contributed by atoms with van der Waals surface area (Å²) >= 11 is 0. The van der Waals surface area contributed by atoms with Crippen LogP contribution in [-0.4, -0.2) is 30.7 Å². The van der Waals surface area contributed by atoms with Crippen molar-refractivity contribution in [1.29, 1.82) is 0 Å². The number of hydrogen-bond acceptors (Lipinski definition) is 4. The summed E-state index contributed by atoms with van der Waals surface area (Å²) in [7, 11) is 0. The highest BCUT2D eigenvalue weighted by molar-refractivity contribution is 5.95. The third kappa shape index (κ3) is 3.74. The fourth-order valence-corrected chi connectivity index (χ4v) is 2.56. The van der Waals surface area contributed by atoms with E-state index in [4.69, 9.17) is 4.74 Å². The zero-order chi connectivity index (χ0) is 15.3. The minimum absolute atomic E-state index is 0.0389. The standard InChI is InChI=1S/C16H24N2O3/c1-3-21-14-5-4-13(10-12(14)11-19)18-15(20)16(2)6-8-17-9-7-16/h4-5,10,17,19H,3,6-9,11H2,1-2H3,(H,18,20). The quantitative estimate of drug-likeness (QED) is 0.775. The van der Waals surface area contributed by atoms with Gasteiger partial charge in [-0.15, -0.1) is 0 Å². The van der Waals surface area contributed by atoms with E-state index in [1.165, 1.54) is 0 Å². The summed E-state index contributed by atoms with van der Waals surface area (Å²) in [6, 6.07) is 5.37. The van der Waals surface area contributed by atoms with E-state index in [2.05, 4.69) is 10.6 Å². The second kappa shape index (κ2) is 6.91. The second-order valence-corrected chi connectivity index (χ2v) is 5.68. The minimum atomic E-state index is -0.330. The van der Waals surface area contributed by atoms with E-state index in [-0.39, 0.29) is 17.9 Å². The summed E-state index contributed by atoms with van der Waals surface area (Å²) in [6.07, 6.45) is 1.67. The second-order valence-electron chi connectivity index (χ2n) is 5.68. The first-order chi connectivity index (χ1) is 10.1. The van der Waals surface area contributed by atoms with E-state index in [9.17, 15) is 9.90 Å². The van der Waals surface area contributed by atoms with Crippen LogP contribution in [0.2, 0.25) is 0 Å². The molecule has 5 heteroatoms. The molecule has 1 aliphatic heterocycles. The fraction of sp³-hybridized carbons (Fsp3) is 0.562. The fourth-order valence-electron chi connectivity index (χ4n) is 2.56. The van der Waals surface area contributed by atoms with E-state index in [1.807, 2.05) is 19.9 Å². The Balaban J connectivity index is 2.10. The zero-order valence-corrected chi connectivity index (χ0v) is 12.7. The molecule has 21 heavy (non-hydrogen) atoms. The summed E-state index contributed by atoms with van der Waals surface area (Å²) in [4.78, 5) is 12.5. The van der Waals surface area contributed by atoms with Crippen LogP contribution in [0.4, 0.5) is 5.69 Å². The molecule has 0 radical (unpaired) electrons. The molecule has 1 fully saturated rings. The van der Waals surface area contributed by atoms with Gasteiger partial charge in [-0.25, -0.2) is 0 Å². The molecule has 2 rings (SSSR count). The number of anilines is 1. The van der Waals surface area contributed by atoms with E-state index in [1.54, 1.807) is 12.1 Å². The lowest BCUT2D eigenvalue weighted by atomic mass is 9.80. The zero-order valence-electron chi connectivity index (χ0n) is 12.7. The Labute approximate surface area is 125 Å². The Morgan fingerprint density at radius 2 is 2.14 bits per heavy atom. The topological polar surface area (TPSA) is 70.6 Å². The smallest absolute Gasteiger partial charge is 0.230 e. The van der Waals surface area contributed by atoms with Gasteiger partial charge in [0.25, 0.3) is 0 Å². The Kier molecular flexibility index (Phi) is 5.20. The Hall–Kier alpha value is -1.59. The number of rotatable bonds is 5. The SMILES string of the molecule is CCOc1ccc(NC(=O)C2(C)CCNCC2)cc1CO. The predicted molar refractivity (Wildman–Crippen MR) is 82.4 cm³/mol. The molecular formula is C16H24N2O3. The summed E-state index contributed by atoms with van der Waals surface area (Å²) in [6.45, 7) is 6.08. The lowest BCUT2D eigenvalue weighted by Gasteiger charge is -2.32. The molecular weight excluding hydrogens is 268 g/mol. The number of benzene rings is 1. The Bertz CT molecular complexity index is 496. The van der Waals surface area contributed by atoms with Gasteiger partial charge in [-0.2, -0.15) is 0 Å². The number of carbonyl (C=O) groups excluding carboxylic acids is 1. The highest BCUT2D eigenvalue weighted by Crippen LogP contribution is 2.30. The molecule has 1 amide bonds. The summed E-state index contributed by atoms with van der Waals surface area (Å²) in [5.41, 5.74) is 1.06. The van der Waals surface area contributed by atoms with Crippen molar-refractivity contribution in [2.75, 3.05) is 25.0 Å². The average molecular weight is 292 g/mol. The van der Waals surface area contributed by atoms with Gasteiger partial charge in [0.05, 0.1) is 13.2 Å². The molecule has 0 saturated carbocycles. The van der Waals surface area contributed by atoms with Gasteiger partial charge in [0.15, 0.2) is 0 Å². The number of aliphatic hydroxyl groups is 1. The number of carbonyl (C=O) groups is 1. The molecule has 3 N–H and O–H groups in total. The Morgan fingerprint density at radius 1 is 1.43 bits per heavy atom. The molecule has 5 nitrogen and oxygen atoms in total. The van der Waals surface area contributed by atoms with E-state index >= 15 is 0 Å². The molecule has 0 aromatic heterocycles. The minimum Gasteiger partial charge on any atom is -0.494 e. The van der Waals surface area contributed by atoms with Crippen molar-refractivity contribution in [3.05, 3.63) is 23.8 Å². The van der Waals surface area contributed by atoms with Crippen LogP contribution in [0.5, 0.6) is 5.75 Å². The van der Waals surface area contributed by atoms with Crippen molar-refractivity contribution in [3.63, 3.8) is 0 Å². The first-order valence-corrected chi connectivity index (χ1v) is 7.48. The molecule has 1 heterocycles. The summed E-state index contributed by atoms with van der Waals surface area (Å²) in [5.74, 6) is 0.697. The molecule has 1 saturated heterocycles. The lowest BCUT2D eigenvalue weighted by molar-refractivity contribution is -0.126. The maximum absolute atomic E-state index is 12.5. The molecule has 1 aromatic rings. The number of hydrogen-bond donors (Lipinski definition) is 3. The molecule has 0 atom stereocenters. The molecule has 1 aromatic carbocycles. The van der Waals surface area contributed by atoms with Gasteiger partial charge >= 0.3 is 0 Å². The molecule has 0 spiro atoms. The van der Waals surface area contributed by atoms with Gasteiger partial charge in [-0.1, -0.05) is 6.92 Å². The molecule has 0 aliphatic carbocycles. The highest BCUT2D eigenvalue weighted by Gasteiger charge is 2.34. The monoisotopic (exact) mass is 292 g/mol. The number of nitrogens with one attached hydrogen (secondary N) is 2. The van der Waals surface area contributed by atoms with Crippen LogP contribution in [0.25, 0.3) is 0 Å². The highest BCUT2D eigenvalue weighted by atomic mass is 16.5. The largest absolute Gasteiger partial charge is 0.494 e. The van der Waals surface area contributed by atoms with Crippen LogP contribution in [0.3, 0.4) is 0 Å². The van der Waals surface area contributed by atoms with E-state index in [0.29, 0.717) is 23.6 Å². The average Bonchev–Trinajstić information content (AvgIpc) is 2.49. The van der Waals surface area contributed by atoms with Crippen molar-refractivity contribution < 1.29 is 14.6 Å². The molecule has 1 aliphatic rings. The third-order valence-electron chi connectivity index (χ3n) is 4.04. The van der Waals surface area contributed by atoms with Gasteiger partial charge in [0.1, 0.15) is 5.75 Å². The molecule has 0 bridgehead atoms. The van der Waals surface area contributed by atoms with Crippen LogP contribution >= 0.6 is 0 Å². The van der Waals surface area contributed by atoms with Crippen molar-refractivity contribution in [3.8, 4) is 5.75 Å². The van der Waals surface area contributed by atoms with Gasteiger partial charge in [0, 0.05) is 16.7 Å². The van der Waals surface area contributed by atoms with E-state index in [0.717, 1.165) is 25.9 Å². The molecule has 116 valence electrons. The van der Waals surface area contributed by atoms with Crippen molar-refractivity contribution >= 4 is 11.6 Å². The maximum atomic E-state index is 12.5.